The minimum absolute atomic E-state index is 0.342. The molecule has 0 saturated heterocycles. The fourth-order valence-electron chi connectivity index (χ4n) is 0.994. The van der Waals surface area contributed by atoms with Gasteiger partial charge in [-0.05, 0) is 6.92 Å². The molecule has 68 valence electrons. The molecule has 1 aromatic heterocycles. The van der Waals surface area contributed by atoms with E-state index in [1.165, 1.54) is 4.68 Å². The number of alkyl halides is 2. The van der Waals surface area contributed by atoms with Crippen LogP contribution in [0.5, 0.6) is 0 Å². The van der Waals surface area contributed by atoms with E-state index in [0.29, 0.717) is 6.54 Å². The van der Waals surface area contributed by atoms with Gasteiger partial charge in [0.15, 0.2) is 0 Å². The van der Waals surface area contributed by atoms with Crippen molar-refractivity contribution in [2.24, 2.45) is 5.73 Å². The van der Waals surface area contributed by atoms with Crippen LogP contribution >= 0.6 is 0 Å². The third kappa shape index (κ3) is 2.01. The normalized spacial score (nSPS) is 11.1. The average Bonchev–Trinajstić information content (AvgIpc) is 2.29. The molecule has 0 radical (unpaired) electrons. The number of aryl methyl sites for hydroxylation is 1. The highest BCUT2D eigenvalue weighted by Gasteiger charge is 2.07. The first-order valence-corrected chi connectivity index (χ1v) is 3.64. The predicted octanol–water partition coefficient (Wildman–Crippen LogP) is 0.915. The lowest BCUT2D eigenvalue weighted by molar-refractivity contribution is 0.121. The molecule has 3 nitrogen and oxygen atoms in total. The van der Waals surface area contributed by atoms with Gasteiger partial charge in [-0.2, -0.15) is 5.10 Å². The van der Waals surface area contributed by atoms with Crippen LogP contribution in [0.4, 0.5) is 8.78 Å². The summed E-state index contributed by atoms with van der Waals surface area (Å²) in [5, 5.41) is 3.88. The van der Waals surface area contributed by atoms with Crippen LogP contribution in [0.1, 0.15) is 11.3 Å². The third-order valence-corrected chi connectivity index (χ3v) is 1.59. The van der Waals surface area contributed by atoms with Crippen LogP contribution in [-0.2, 0) is 13.1 Å². The predicted molar refractivity (Wildman–Crippen MR) is 40.9 cm³/mol. The lowest BCUT2D eigenvalue weighted by atomic mass is 10.3. The van der Waals surface area contributed by atoms with Crippen LogP contribution < -0.4 is 5.73 Å². The summed E-state index contributed by atoms with van der Waals surface area (Å²) in [5.41, 5.74) is 6.89. The molecule has 0 spiro atoms. The maximum absolute atomic E-state index is 11.9. The molecule has 0 aliphatic rings. The largest absolute Gasteiger partial charge is 0.326 e. The highest BCUT2D eigenvalue weighted by Crippen LogP contribution is 2.06. The maximum atomic E-state index is 11.9. The number of nitrogens with two attached hydrogens (primary N) is 1. The number of hydrogen-bond acceptors (Lipinski definition) is 2. The van der Waals surface area contributed by atoms with Crippen molar-refractivity contribution in [3.8, 4) is 0 Å². The Morgan fingerprint density at radius 2 is 2.33 bits per heavy atom. The van der Waals surface area contributed by atoms with Crippen molar-refractivity contribution >= 4 is 0 Å². The molecule has 0 bridgehead atoms. The quantitative estimate of drug-likeness (QED) is 0.742. The summed E-state index contributed by atoms with van der Waals surface area (Å²) >= 11 is 0. The Kier molecular flexibility index (Phi) is 2.75. The monoisotopic (exact) mass is 175 g/mol. The highest BCUT2D eigenvalue weighted by atomic mass is 19.3. The molecule has 0 aliphatic carbocycles. The van der Waals surface area contributed by atoms with E-state index in [1.807, 2.05) is 0 Å². The molecule has 0 saturated carbocycles. The van der Waals surface area contributed by atoms with Gasteiger partial charge in [0, 0.05) is 18.3 Å². The zero-order valence-electron chi connectivity index (χ0n) is 6.80. The van der Waals surface area contributed by atoms with Crippen molar-refractivity contribution in [1.29, 1.82) is 0 Å². The molecular weight excluding hydrogens is 164 g/mol. The molecular formula is C7H11F2N3. The fourth-order valence-corrected chi connectivity index (χ4v) is 0.994. The molecule has 0 aliphatic heterocycles. The summed E-state index contributed by atoms with van der Waals surface area (Å²) in [6.45, 7) is 1.74. The van der Waals surface area contributed by atoms with Gasteiger partial charge in [-0.25, -0.2) is 8.78 Å². The second-order valence-electron chi connectivity index (χ2n) is 2.56. The first-order valence-electron chi connectivity index (χ1n) is 3.64. The number of hydrogen-bond donors (Lipinski definition) is 1. The SMILES string of the molecule is Cc1nn(CC(F)F)cc1CN. The summed E-state index contributed by atoms with van der Waals surface area (Å²) in [6, 6.07) is 0. The van der Waals surface area contributed by atoms with Gasteiger partial charge in [0.2, 0.25) is 0 Å². The Hall–Kier alpha value is -0.970. The van der Waals surface area contributed by atoms with Crippen molar-refractivity contribution in [1.82, 2.24) is 9.78 Å². The standard InChI is InChI=1S/C7H11F2N3/c1-5-6(2-10)3-12(11-5)4-7(8)9/h3,7H,2,4,10H2,1H3. The molecule has 5 heteroatoms. The zero-order valence-corrected chi connectivity index (χ0v) is 6.80. The zero-order chi connectivity index (χ0) is 9.14. The van der Waals surface area contributed by atoms with Crippen LogP contribution in [0.2, 0.25) is 0 Å². The Balaban J connectivity index is 2.75. The molecule has 0 aromatic carbocycles. The lowest BCUT2D eigenvalue weighted by Crippen LogP contribution is -2.06. The minimum Gasteiger partial charge on any atom is -0.326 e. The van der Waals surface area contributed by atoms with Crippen molar-refractivity contribution < 1.29 is 8.78 Å². The minimum atomic E-state index is -2.37. The Morgan fingerprint density at radius 3 is 2.75 bits per heavy atom. The molecule has 2 N–H and O–H groups in total. The van der Waals surface area contributed by atoms with Gasteiger partial charge < -0.3 is 5.73 Å². The summed E-state index contributed by atoms with van der Waals surface area (Å²) in [5.74, 6) is 0. The number of nitrogens with zero attached hydrogens (tertiary/aromatic N) is 2. The molecule has 0 unspecified atom stereocenters. The van der Waals surface area contributed by atoms with E-state index in [1.54, 1.807) is 13.1 Å². The van der Waals surface area contributed by atoms with Gasteiger partial charge in [0.05, 0.1) is 5.69 Å². The van der Waals surface area contributed by atoms with Gasteiger partial charge in [-0.3, -0.25) is 4.68 Å². The van der Waals surface area contributed by atoms with Crippen molar-refractivity contribution in [3.63, 3.8) is 0 Å². The summed E-state index contributed by atoms with van der Waals surface area (Å²) < 4.78 is 25.0. The maximum Gasteiger partial charge on any atom is 0.257 e. The van der Waals surface area contributed by atoms with Crippen LogP contribution in [0, 0.1) is 6.92 Å². The lowest BCUT2D eigenvalue weighted by Gasteiger charge is -1.97. The molecule has 0 atom stereocenters. The number of halogens is 2. The summed E-state index contributed by atoms with van der Waals surface area (Å²) in [7, 11) is 0. The van der Waals surface area contributed by atoms with Crippen molar-refractivity contribution in [3.05, 3.63) is 17.5 Å². The Morgan fingerprint density at radius 1 is 1.67 bits per heavy atom. The van der Waals surface area contributed by atoms with E-state index < -0.39 is 6.43 Å². The molecule has 1 aromatic rings. The van der Waals surface area contributed by atoms with Crippen molar-refractivity contribution in [2.75, 3.05) is 0 Å². The van der Waals surface area contributed by atoms with E-state index in [9.17, 15) is 8.78 Å². The van der Waals surface area contributed by atoms with Crippen LogP contribution in [0.15, 0.2) is 6.20 Å². The number of aromatic nitrogens is 2. The van der Waals surface area contributed by atoms with Gasteiger partial charge in [0.1, 0.15) is 6.54 Å². The van der Waals surface area contributed by atoms with Crippen LogP contribution in [0.3, 0.4) is 0 Å². The molecule has 0 fully saturated rings. The van der Waals surface area contributed by atoms with E-state index in [2.05, 4.69) is 5.10 Å². The molecule has 12 heavy (non-hydrogen) atoms. The van der Waals surface area contributed by atoms with E-state index in [0.717, 1.165) is 11.3 Å². The molecule has 1 rings (SSSR count). The number of rotatable bonds is 3. The fraction of sp³-hybridized carbons (Fsp3) is 0.571. The van der Waals surface area contributed by atoms with E-state index in [-0.39, 0.29) is 6.54 Å². The second kappa shape index (κ2) is 3.62. The highest BCUT2D eigenvalue weighted by molar-refractivity contribution is 5.14. The van der Waals surface area contributed by atoms with E-state index >= 15 is 0 Å². The van der Waals surface area contributed by atoms with Gasteiger partial charge in [-0.15, -0.1) is 0 Å². The summed E-state index contributed by atoms with van der Waals surface area (Å²) in [6.07, 6.45) is -0.809. The molecule has 0 amide bonds. The first kappa shape index (κ1) is 9.12. The second-order valence-corrected chi connectivity index (χ2v) is 2.56. The van der Waals surface area contributed by atoms with Crippen LogP contribution in [-0.4, -0.2) is 16.2 Å². The van der Waals surface area contributed by atoms with Gasteiger partial charge in [-0.1, -0.05) is 0 Å². The van der Waals surface area contributed by atoms with Crippen molar-refractivity contribution in [2.45, 2.75) is 26.4 Å². The third-order valence-electron chi connectivity index (χ3n) is 1.59. The van der Waals surface area contributed by atoms with Crippen LogP contribution in [0.25, 0.3) is 0 Å². The summed E-state index contributed by atoms with van der Waals surface area (Å²) in [4.78, 5) is 0. The Bertz CT molecular complexity index is 257. The van der Waals surface area contributed by atoms with Gasteiger partial charge in [0.25, 0.3) is 6.43 Å². The van der Waals surface area contributed by atoms with E-state index in [4.69, 9.17) is 5.73 Å². The molecule has 1 heterocycles. The topological polar surface area (TPSA) is 43.8 Å². The smallest absolute Gasteiger partial charge is 0.257 e. The van der Waals surface area contributed by atoms with Gasteiger partial charge >= 0.3 is 0 Å². The Labute approximate surface area is 69.2 Å². The average molecular weight is 175 g/mol. The first-order chi connectivity index (χ1) is 5.63.